The van der Waals surface area contributed by atoms with Crippen LogP contribution >= 0.6 is 0 Å². The minimum Gasteiger partial charge on any atom is -0.456 e. The fraction of sp³-hybridized carbons (Fsp3) is 0.400. The molecule has 1 heterocycles. The van der Waals surface area contributed by atoms with Gasteiger partial charge in [-0.3, -0.25) is 4.98 Å². The van der Waals surface area contributed by atoms with E-state index in [1.54, 1.807) is 12.3 Å². The van der Waals surface area contributed by atoms with Crippen LogP contribution in [0.5, 0.6) is 0 Å². The molecule has 0 saturated heterocycles. The van der Waals surface area contributed by atoms with Crippen LogP contribution in [0.2, 0.25) is 0 Å². The first-order valence-corrected chi connectivity index (χ1v) is 4.53. The van der Waals surface area contributed by atoms with Gasteiger partial charge in [0.15, 0.2) is 0 Å². The molecule has 0 aliphatic rings. The number of esters is 1. The number of pyridine rings is 1. The highest BCUT2D eigenvalue weighted by Crippen LogP contribution is 2.10. The lowest BCUT2D eigenvalue weighted by molar-refractivity contribution is 0.00692. The Morgan fingerprint density at radius 3 is 2.57 bits per heavy atom. The van der Waals surface area contributed by atoms with Gasteiger partial charge < -0.3 is 4.74 Å². The molecule has 1 rings (SSSR count). The third-order valence-corrected chi connectivity index (χ3v) is 1.51. The fourth-order valence-corrected chi connectivity index (χ4v) is 1.00. The summed E-state index contributed by atoms with van der Waals surface area (Å²) in [5, 5.41) is 0. The zero-order valence-corrected chi connectivity index (χ0v) is 9.00. The van der Waals surface area contributed by atoms with Gasteiger partial charge in [-0.25, -0.2) is 4.79 Å². The molecule has 1 aromatic rings. The molecule has 0 spiro atoms. The Balaban J connectivity index is 2.80. The molecule has 0 bridgehead atoms. The molecule has 0 fully saturated rings. The maximum absolute atomic E-state index is 11.6. The summed E-state index contributed by atoms with van der Waals surface area (Å²) >= 11 is 0. The molecule has 1 aromatic heterocycles. The van der Waals surface area contributed by atoms with Crippen LogP contribution in [0.3, 0.4) is 0 Å². The van der Waals surface area contributed by atoms with E-state index >= 15 is 0 Å². The largest absolute Gasteiger partial charge is 0.456 e. The third-order valence-electron chi connectivity index (χ3n) is 1.51. The number of nitrogens with zero attached hydrogens (tertiary/aromatic N) is 1. The van der Waals surface area contributed by atoms with Crippen LogP contribution in [0.15, 0.2) is 18.5 Å². The van der Waals surface area contributed by atoms with E-state index in [9.17, 15) is 4.79 Å². The Kier molecular flexibility index (Phi) is 2.94. The molecule has 0 aliphatic heterocycles. The molecule has 14 heavy (non-hydrogen) atoms. The summed E-state index contributed by atoms with van der Waals surface area (Å²) in [5.41, 5.74) is 0.995. The van der Waals surface area contributed by atoms with E-state index in [-0.39, 0.29) is 5.97 Å². The van der Waals surface area contributed by atoms with E-state index in [0.717, 1.165) is 5.46 Å². The summed E-state index contributed by atoms with van der Waals surface area (Å²) in [6.07, 6.45) is 3.22. The normalized spacial score (nSPS) is 11.1. The molecule has 0 aliphatic carbocycles. The smallest absolute Gasteiger partial charge is 0.340 e. The van der Waals surface area contributed by atoms with Gasteiger partial charge in [0.05, 0.1) is 5.56 Å². The second-order valence-corrected chi connectivity index (χ2v) is 4.25. The summed E-state index contributed by atoms with van der Waals surface area (Å²) in [7, 11) is 1.89. The van der Waals surface area contributed by atoms with E-state index in [1.165, 1.54) is 6.20 Å². The number of carbonyl (C=O) groups is 1. The van der Waals surface area contributed by atoms with Crippen molar-refractivity contribution in [3.05, 3.63) is 24.0 Å². The molecule has 0 atom stereocenters. The van der Waals surface area contributed by atoms with Crippen molar-refractivity contribution in [3.63, 3.8) is 0 Å². The molecule has 4 heteroatoms. The Morgan fingerprint density at radius 2 is 2.07 bits per heavy atom. The first kappa shape index (κ1) is 10.8. The van der Waals surface area contributed by atoms with E-state index in [1.807, 2.05) is 28.6 Å². The van der Waals surface area contributed by atoms with Crippen molar-refractivity contribution < 1.29 is 9.53 Å². The standard InChI is InChI=1S/C10H14BNO2/c1-10(2,3)14-9(13)7-4-8(11)6-12-5-7/h4-6H,11H2,1-3H3. The second kappa shape index (κ2) is 3.82. The predicted octanol–water partition coefficient (Wildman–Crippen LogP) is 0.295. The van der Waals surface area contributed by atoms with Gasteiger partial charge in [-0.15, -0.1) is 0 Å². The molecule has 0 aromatic carbocycles. The Hall–Kier alpha value is -1.32. The van der Waals surface area contributed by atoms with E-state index < -0.39 is 5.60 Å². The highest BCUT2D eigenvalue weighted by molar-refractivity contribution is 6.32. The number of ether oxygens (including phenoxy) is 1. The predicted molar refractivity (Wildman–Crippen MR) is 57.6 cm³/mol. The van der Waals surface area contributed by atoms with Crippen LogP contribution in [0.25, 0.3) is 0 Å². The van der Waals surface area contributed by atoms with Crippen LogP contribution < -0.4 is 5.46 Å². The third kappa shape index (κ3) is 3.20. The summed E-state index contributed by atoms with van der Waals surface area (Å²) in [6, 6.07) is 1.76. The summed E-state index contributed by atoms with van der Waals surface area (Å²) in [5.74, 6) is -0.325. The molecule has 0 amide bonds. The first-order valence-electron chi connectivity index (χ1n) is 4.53. The molecule has 74 valence electrons. The van der Waals surface area contributed by atoms with Gasteiger partial charge in [0.2, 0.25) is 0 Å². The number of aromatic nitrogens is 1. The lowest BCUT2D eigenvalue weighted by Crippen LogP contribution is -2.24. The van der Waals surface area contributed by atoms with Gasteiger partial charge in [-0.2, -0.15) is 0 Å². The van der Waals surface area contributed by atoms with Crippen LogP contribution in [0.1, 0.15) is 31.1 Å². The summed E-state index contributed by atoms with van der Waals surface area (Å²) in [4.78, 5) is 15.5. The zero-order chi connectivity index (χ0) is 10.8. The number of carbonyl (C=O) groups excluding carboxylic acids is 1. The Morgan fingerprint density at radius 1 is 1.43 bits per heavy atom. The van der Waals surface area contributed by atoms with Crippen molar-refractivity contribution in [2.75, 3.05) is 0 Å². The molecular weight excluding hydrogens is 177 g/mol. The first-order chi connectivity index (χ1) is 6.38. The maximum atomic E-state index is 11.6. The lowest BCUT2D eigenvalue weighted by Gasteiger charge is -2.19. The monoisotopic (exact) mass is 191 g/mol. The average Bonchev–Trinajstić information content (AvgIpc) is 2.01. The van der Waals surface area contributed by atoms with Crippen LogP contribution in [-0.4, -0.2) is 24.4 Å². The van der Waals surface area contributed by atoms with Crippen LogP contribution in [-0.2, 0) is 4.74 Å². The highest BCUT2D eigenvalue weighted by atomic mass is 16.6. The van der Waals surface area contributed by atoms with E-state index in [2.05, 4.69) is 4.98 Å². The van der Waals surface area contributed by atoms with Gasteiger partial charge in [0, 0.05) is 12.4 Å². The van der Waals surface area contributed by atoms with Crippen LogP contribution in [0.4, 0.5) is 0 Å². The highest BCUT2D eigenvalue weighted by Gasteiger charge is 2.17. The second-order valence-electron chi connectivity index (χ2n) is 4.25. The quantitative estimate of drug-likeness (QED) is 0.473. The molecule has 0 N–H and O–H groups in total. The Labute approximate surface area is 84.9 Å². The van der Waals surface area contributed by atoms with Crippen molar-refractivity contribution in [2.24, 2.45) is 0 Å². The molecule has 3 nitrogen and oxygen atoms in total. The summed E-state index contributed by atoms with van der Waals surface area (Å²) < 4.78 is 5.20. The zero-order valence-electron chi connectivity index (χ0n) is 9.00. The van der Waals surface area contributed by atoms with E-state index in [0.29, 0.717) is 5.56 Å². The maximum Gasteiger partial charge on any atom is 0.340 e. The minimum atomic E-state index is -0.458. The van der Waals surface area contributed by atoms with Crippen molar-refractivity contribution in [1.29, 1.82) is 0 Å². The van der Waals surface area contributed by atoms with E-state index in [4.69, 9.17) is 4.74 Å². The average molecular weight is 191 g/mol. The molecule has 0 unspecified atom stereocenters. The molecule has 0 radical (unpaired) electrons. The van der Waals surface area contributed by atoms with Crippen LogP contribution in [0, 0.1) is 0 Å². The van der Waals surface area contributed by atoms with Crippen molar-refractivity contribution in [3.8, 4) is 0 Å². The minimum absolute atomic E-state index is 0.325. The molecular formula is C10H14BNO2. The summed E-state index contributed by atoms with van der Waals surface area (Å²) in [6.45, 7) is 5.52. The van der Waals surface area contributed by atoms with Gasteiger partial charge in [0.25, 0.3) is 0 Å². The fourth-order valence-electron chi connectivity index (χ4n) is 1.00. The number of rotatable bonds is 1. The number of hydrogen-bond acceptors (Lipinski definition) is 3. The lowest BCUT2D eigenvalue weighted by atomic mass is 9.97. The Bertz CT molecular complexity index is 344. The molecule has 0 saturated carbocycles. The van der Waals surface area contributed by atoms with Crippen molar-refractivity contribution >= 4 is 19.3 Å². The van der Waals surface area contributed by atoms with Gasteiger partial charge >= 0.3 is 5.97 Å². The van der Waals surface area contributed by atoms with Crippen molar-refractivity contribution in [1.82, 2.24) is 4.98 Å². The van der Waals surface area contributed by atoms with Gasteiger partial charge in [-0.1, -0.05) is 11.5 Å². The number of hydrogen-bond donors (Lipinski definition) is 0. The SMILES string of the molecule is Bc1cncc(C(=O)OC(C)(C)C)c1. The van der Waals surface area contributed by atoms with Crippen molar-refractivity contribution in [2.45, 2.75) is 26.4 Å². The van der Waals surface area contributed by atoms with Gasteiger partial charge in [-0.05, 0) is 20.8 Å². The topological polar surface area (TPSA) is 39.2 Å². The van der Waals surface area contributed by atoms with Gasteiger partial charge in [0.1, 0.15) is 13.4 Å².